The maximum Gasteiger partial charge on any atom is 0.0337 e. The van der Waals surface area contributed by atoms with Crippen molar-refractivity contribution in [3.8, 4) is 0 Å². The molecule has 2 N–H and O–H groups in total. The van der Waals surface area contributed by atoms with Crippen LogP contribution in [0.1, 0.15) is 46.5 Å². The van der Waals surface area contributed by atoms with Crippen molar-refractivity contribution >= 4 is 0 Å². The van der Waals surface area contributed by atoms with E-state index in [2.05, 4.69) is 37.6 Å². The molecule has 2 rings (SSSR count). The fourth-order valence-electron chi connectivity index (χ4n) is 4.00. The molecule has 0 aromatic heterocycles. The first-order valence-corrected chi connectivity index (χ1v) is 8.17. The minimum Gasteiger partial charge on any atom is -0.329 e. The van der Waals surface area contributed by atoms with Gasteiger partial charge in [0.05, 0.1) is 0 Å². The summed E-state index contributed by atoms with van der Waals surface area (Å²) in [7, 11) is 2.33. The highest BCUT2D eigenvalue weighted by Gasteiger charge is 2.48. The summed E-state index contributed by atoms with van der Waals surface area (Å²) in [5.41, 5.74) is 6.45. The number of hydrogen-bond donors (Lipinski definition) is 1. The van der Waals surface area contributed by atoms with E-state index >= 15 is 0 Å². The van der Waals surface area contributed by atoms with Crippen molar-refractivity contribution in [2.24, 2.45) is 17.6 Å². The average Bonchev–Trinajstić information content (AvgIpc) is 2.37. The Balaban J connectivity index is 1.90. The van der Waals surface area contributed by atoms with Gasteiger partial charge in [-0.3, -0.25) is 4.90 Å². The number of likely N-dealkylation sites (N-methyl/N-ethyl adjacent to an activating group) is 1. The van der Waals surface area contributed by atoms with E-state index < -0.39 is 0 Å². The molecule has 1 aliphatic carbocycles. The Labute approximate surface area is 119 Å². The van der Waals surface area contributed by atoms with Gasteiger partial charge in [0.2, 0.25) is 0 Å². The lowest BCUT2D eigenvalue weighted by Crippen LogP contribution is -2.64. The van der Waals surface area contributed by atoms with Crippen LogP contribution in [0.2, 0.25) is 0 Å². The molecular weight excluding hydrogens is 234 g/mol. The van der Waals surface area contributed by atoms with Crippen LogP contribution in [0.15, 0.2) is 0 Å². The van der Waals surface area contributed by atoms with Crippen LogP contribution in [0.5, 0.6) is 0 Å². The summed E-state index contributed by atoms with van der Waals surface area (Å²) in [4.78, 5) is 5.22. The zero-order valence-corrected chi connectivity index (χ0v) is 13.4. The van der Waals surface area contributed by atoms with Crippen LogP contribution in [0.3, 0.4) is 0 Å². The number of rotatable bonds is 5. The van der Waals surface area contributed by atoms with Gasteiger partial charge in [-0.1, -0.05) is 20.8 Å². The molecular formula is C16H33N3. The van der Waals surface area contributed by atoms with E-state index in [1.54, 1.807) is 0 Å². The highest BCUT2D eigenvalue weighted by atomic mass is 15.2. The van der Waals surface area contributed by atoms with Gasteiger partial charge in [-0.25, -0.2) is 0 Å². The van der Waals surface area contributed by atoms with E-state index in [-0.39, 0.29) is 0 Å². The summed E-state index contributed by atoms with van der Waals surface area (Å²) < 4.78 is 0. The maximum atomic E-state index is 6.14. The summed E-state index contributed by atoms with van der Waals surface area (Å²) in [5.74, 6) is 1.71. The predicted octanol–water partition coefficient (Wildman–Crippen LogP) is 2.17. The van der Waals surface area contributed by atoms with E-state index in [1.807, 2.05) is 0 Å². The number of likely N-dealkylation sites (tertiary alicyclic amines) is 1. The van der Waals surface area contributed by atoms with Crippen molar-refractivity contribution < 1.29 is 0 Å². The Kier molecular flexibility index (Phi) is 4.91. The smallest absolute Gasteiger partial charge is 0.0337 e. The molecule has 0 radical (unpaired) electrons. The predicted molar refractivity (Wildman–Crippen MR) is 82.2 cm³/mol. The number of piperidine rings is 1. The van der Waals surface area contributed by atoms with Gasteiger partial charge in [0.25, 0.3) is 0 Å². The van der Waals surface area contributed by atoms with E-state index in [9.17, 15) is 0 Å². The van der Waals surface area contributed by atoms with E-state index in [0.717, 1.165) is 24.4 Å². The summed E-state index contributed by atoms with van der Waals surface area (Å²) in [6.07, 6.45) is 5.26. The Hall–Kier alpha value is -0.120. The maximum absolute atomic E-state index is 6.14. The first-order valence-electron chi connectivity index (χ1n) is 8.17. The van der Waals surface area contributed by atoms with Gasteiger partial charge in [-0.2, -0.15) is 0 Å². The van der Waals surface area contributed by atoms with Gasteiger partial charge in [0.15, 0.2) is 0 Å². The fraction of sp³-hybridized carbons (Fsp3) is 1.00. The molecule has 0 bridgehead atoms. The molecule has 0 amide bonds. The molecule has 0 unspecified atom stereocenters. The average molecular weight is 267 g/mol. The Morgan fingerprint density at radius 3 is 2.26 bits per heavy atom. The van der Waals surface area contributed by atoms with Gasteiger partial charge < -0.3 is 10.6 Å². The molecule has 0 aromatic carbocycles. The summed E-state index contributed by atoms with van der Waals surface area (Å²) in [5, 5.41) is 0. The van der Waals surface area contributed by atoms with Crippen molar-refractivity contribution in [3.05, 3.63) is 0 Å². The van der Waals surface area contributed by atoms with Crippen LogP contribution in [0.4, 0.5) is 0 Å². The molecule has 3 nitrogen and oxygen atoms in total. The highest BCUT2D eigenvalue weighted by molar-refractivity contribution is 5.05. The third kappa shape index (κ3) is 2.98. The number of hydrogen-bond acceptors (Lipinski definition) is 3. The fourth-order valence-corrected chi connectivity index (χ4v) is 4.00. The number of nitrogens with zero attached hydrogens (tertiary/aromatic N) is 2. The van der Waals surface area contributed by atoms with Crippen LogP contribution in [-0.2, 0) is 0 Å². The second-order valence-corrected chi connectivity index (χ2v) is 7.12. The molecule has 1 saturated carbocycles. The molecule has 1 heterocycles. The van der Waals surface area contributed by atoms with Gasteiger partial charge in [0, 0.05) is 18.1 Å². The minimum absolute atomic E-state index is 0.313. The largest absolute Gasteiger partial charge is 0.329 e. The third-order valence-corrected chi connectivity index (χ3v) is 5.91. The highest BCUT2D eigenvalue weighted by Crippen LogP contribution is 2.46. The van der Waals surface area contributed by atoms with Gasteiger partial charge in [-0.05, 0) is 64.2 Å². The molecule has 19 heavy (non-hydrogen) atoms. The first-order chi connectivity index (χ1) is 9.02. The minimum atomic E-state index is 0.313. The summed E-state index contributed by atoms with van der Waals surface area (Å²) in [6, 6.07) is 0.750. The lowest BCUT2D eigenvalue weighted by atomic mass is 9.62. The molecule has 2 aliphatic rings. The normalized spacial score (nSPS) is 33.9. The SMILES string of the molecule is CCN1CCC(N(C)C2(CN)CC(C(C)C)C2)CC1. The van der Waals surface area contributed by atoms with Crippen LogP contribution in [-0.4, -0.2) is 54.6 Å². The van der Waals surface area contributed by atoms with Crippen molar-refractivity contribution in [3.63, 3.8) is 0 Å². The zero-order valence-electron chi connectivity index (χ0n) is 13.4. The van der Waals surface area contributed by atoms with Gasteiger partial charge in [-0.15, -0.1) is 0 Å². The second kappa shape index (κ2) is 6.11. The summed E-state index contributed by atoms with van der Waals surface area (Å²) >= 11 is 0. The Morgan fingerprint density at radius 2 is 1.84 bits per heavy atom. The van der Waals surface area contributed by atoms with Crippen molar-refractivity contribution in [1.82, 2.24) is 9.80 Å². The standard InChI is InChI=1S/C16H33N3/c1-5-19-8-6-15(7-9-19)18(4)16(12-17)10-14(11-16)13(2)3/h13-15H,5-12,17H2,1-4H3. The lowest BCUT2D eigenvalue weighted by molar-refractivity contribution is -0.0553. The van der Waals surface area contributed by atoms with Crippen LogP contribution >= 0.6 is 0 Å². The van der Waals surface area contributed by atoms with Gasteiger partial charge >= 0.3 is 0 Å². The van der Waals surface area contributed by atoms with E-state index in [1.165, 1.54) is 45.3 Å². The molecule has 3 heteroatoms. The van der Waals surface area contributed by atoms with Crippen LogP contribution in [0.25, 0.3) is 0 Å². The third-order valence-electron chi connectivity index (χ3n) is 5.91. The molecule has 0 aromatic rings. The summed E-state index contributed by atoms with van der Waals surface area (Å²) in [6.45, 7) is 11.5. The zero-order chi connectivity index (χ0) is 14.0. The molecule has 0 spiro atoms. The quantitative estimate of drug-likeness (QED) is 0.828. The molecule has 1 saturated heterocycles. The first kappa shape index (κ1) is 15.3. The van der Waals surface area contributed by atoms with E-state index in [0.29, 0.717) is 5.54 Å². The Bertz CT molecular complexity index is 276. The van der Waals surface area contributed by atoms with Crippen molar-refractivity contribution in [1.29, 1.82) is 0 Å². The number of nitrogens with two attached hydrogens (primary N) is 1. The van der Waals surface area contributed by atoms with Crippen LogP contribution < -0.4 is 5.73 Å². The molecule has 1 aliphatic heterocycles. The molecule has 2 fully saturated rings. The second-order valence-electron chi connectivity index (χ2n) is 7.12. The Morgan fingerprint density at radius 1 is 1.26 bits per heavy atom. The molecule has 0 atom stereocenters. The monoisotopic (exact) mass is 267 g/mol. The van der Waals surface area contributed by atoms with Crippen LogP contribution in [0, 0.1) is 11.8 Å². The van der Waals surface area contributed by atoms with Gasteiger partial charge in [0.1, 0.15) is 0 Å². The van der Waals surface area contributed by atoms with Crippen molar-refractivity contribution in [2.75, 3.05) is 33.2 Å². The molecule has 112 valence electrons. The van der Waals surface area contributed by atoms with Crippen molar-refractivity contribution in [2.45, 2.75) is 58.0 Å². The van der Waals surface area contributed by atoms with E-state index in [4.69, 9.17) is 5.73 Å². The topological polar surface area (TPSA) is 32.5 Å². The lowest BCUT2D eigenvalue weighted by Gasteiger charge is -2.57.